The van der Waals surface area contributed by atoms with Gasteiger partial charge in [0.2, 0.25) is 12.3 Å². The number of nitrogens with zero attached hydrogens (tertiary/aromatic N) is 2. The summed E-state index contributed by atoms with van der Waals surface area (Å²) in [4.78, 5) is 27.1. The van der Waals surface area contributed by atoms with Gasteiger partial charge in [-0.1, -0.05) is 30.3 Å². The SMILES string of the molecule is Fc1c(F)c(F)c([B-](c2c(F)c(F)c(F)c(F)c2F)(c2c(F)c(F)c(F)c(F)c2F)c2c(F)c(F)c(F)c(F)c2F)c(F)c1F.O=C(C[n+]1ccncc1C(=O)OC(F)(F)F)c1ccccc1. The number of carbonyl (C=O) groups is 2. The summed E-state index contributed by atoms with van der Waals surface area (Å²) in [6.07, 6.45) is -8.93. The quantitative estimate of drug-likeness (QED) is 0.0298. The molecule has 1 aromatic heterocycles. The summed E-state index contributed by atoms with van der Waals surface area (Å²) < 4.78 is 335. The highest BCUT2D eigenvalue weighted by molar-refractivity contribution is 7.20. The van der Waals surface area contributed by atoms with Gasteiger partial charge in [-0.05, 0) is 0 Å². The molecule has 0 saturated carbocycles. The summed E-state index contributed by atoms with van der Waals surface area (Å²) in [6, 6.07) is 8.17. The molecule has 29 heteroatoms. The molecule has 0 aliphatic rings. The van der Waals surface area contributed by atoms with Gasteiger partial charge < -0.3 is 4.74 Å². The first-order valence-corrected chi connectivity index (χ1v) is 17.0. The Bertz CT molecular complexity index is 2620. The fraction of sp³-hybridized carbons (Fsp3) is 0.0526. The van der Waals surface area contributed by atoms with Crippen LogP contribution in [0.2, 0.25) is 0 Å². The van der Waals surface area contributed by atoms with Crippen molar-refractivity contribution in [3.63, 3.8) is 0 Å². The third-order valence-corrected chi connectivity index (χ3v) is 9.37. The number of esters is 1. The second-order valence-corrected chi connectivity index (χ2v) is 13.0. The number of hydrogen-bond donors (Lipinski definition) is 0. The van der Waals surface area contributed by atoms with Crippen LogP contribution in [0.1, 0.15) is 20.8 Å². The number of rotatable bonds is 8. The van der Waals surface area contributed by atoms with Gasteiger partial charge in [-0.25, -0.2) is 92.6 Å². The van der Waals surface area contributed by atoms with Crippen LogP contribution < -0.4 is 26.4 Å². The number of alkyl halides is 3. The van der Waals surface area contributed by atoms with Gasteiger partial charge in [-0.2, -0.15) is 4.57 Å². The lowest BCUT2D eigenvalue weighted by Crippen LogP contribution is -2.81. The Morgan fingerprint density at radius 1 is 0.463 bits per heavy atom. The molecule has 0 amide bonds. The number of ketones is 1. The van der Waals surface area contributed by atoms with Crippen molar-refractivity contribution >= 4 is 39.7 Å². The first-order valence-electron chi connectivity index (χ1n) is 17.0. The van der Waals surface area contributed by atoms with Crippen molar-refractivity contribution in [2.45, 2.75) is 12.9 Å². The lowest BCUT2D eigenvalue weighted by Gasteiger charge is -2.44. The minimum absolute atomic E-state index is 0.311. The summed E-state index contributed by atoms with van der Waals surface area (Å²) in [7, 11) is 0. The molecular weight excluding hydrogens is 980 g/mol. The summed E-state index contributed by atoms with van der Waals surface area (Å²) in [5, 5.41) is 0. The fourth-order valence-electron chi connectivity index (χ4n) is 6.60. The Morgan fingerprint density at radius 3 is 1.03 bits per heavy atom. The van der Waals surface area contributed by atoms with Crippen LogP contribution in [-0.4, -0.2) is 29.2 Å². The zero-order valence-electron chi connectivity index (χ0n) is 31.2. The molecule has 0 radical (unpaired) electrons. The van der Waals surface area contributed by atoms with E-state index in [0.29, 0.717) is 5.56 Å². The van der Waals surface area contributed by atoms with Crippen molar-refractivity contribution in [2.75, 3.05) is 0 Å². The first-order chi connectivity index (χ1) is 31.1. The normalized spacial score (nSPS) is 11.7. The lowest BCUT2D eigenvalue weighted by molar-refractivity contribution is -0.686. The Hall–Kier alpha value is -7.23. The number of halogens is 23. The van der Waals surface area contributed by atoms with Crippen molar-refractivity contribution in [3.05, 3.63) is 177 Å². The van der Waals surface area contributed by atoms with Crippen molar-refractivity contribution < 1.29 is 120 Å². The molecule has 5 aromatic carbocycles. The first kappa shape index (κ1) is 50.8. The van der Waals surface area contributed by atoms with Crippen molar-refractivity contribution in [3.8, 4) is 0 Å². The van der Waals surface area contributed by atoms with Gasteiger partial charge in [0, 0.05) is 5.56 Å². The molecule has 6 rings (SSSR count). The lowest BCUT2D eigenvalue weighted by atomic mass is 9.12. The summed E-state index contributed by atoms with van der Waals surface area (Å²) >= 11 is 0. The minimum atomic E-state index is -7.22. The van der Waals surface area contributed by atoms with E-state index in [9.17, 15) is 75.4 Å². The minimum Gasteiger partial charge on any atom is -0.365 e. The van der Waals surface area contributed by atoms with Gasteiger partial charge in [0.25, 0.3) is 0 Å². The highest BCUT2D eigenvalue weighted by Crippen LogP contribution is 2.31. The van der Waals surface area contributed by atoms with E-state index in [1.165, 1.54) is 12.4 Å². The molecule has 1 heterocycles. The van der Waals surface area contributed by atoms with Crippen LogP contribution in [0.5, 0.6) is 0 Å². The third kappa shape index (κ3) is 8.56. The van der Waals surface area contributed by atoms with Crippen LogP contribution in [0.25, 0.3) is 0 Å². The summed E-state index contributed by atoms with van der Waals surface area (Å²) in [5.41, 5.74) is -14.4. The van der Waals surface area contributed by atoms with E-state index in [1.807, 2.05) is 0 Å². The standard InChI is InChI=1S/C24BF20.C14H10F3N2O3/c26-5-1(6(27)14(35)21(42)13(5)34)25(2-7(28)15(36)22(43)16(37)8(2)29,3-9(30)17(38)23(44)18(39)10(3)31)4-11(32)19(40)24(45)20(41)12(4)33;15-14(16,17)22-13(21)11-8-18-6-7-19(11)9-12(20)10-4-2-1-3-5-10/h;1-8H,9H2/q-1;+1. The van der Waals surface area contributed by atoms with Crippen LogP contribution in [0.3, 0.4) is 0 Å². The zero-order valence-corrected chi connectivity index (χ0v) is 31.2. The molecular formula is C38H10BF23N2O3. The monoisotopic (exact) mass is 990 g/mol. The molecule has 5 nitrogen and oxygen atoms in total. The number of hydrogen-bond acceptors (Lipinski definition) is 4. The van der Waals surface area contributed by atoms with Gasteiger partial charge in [-0.15, -0.1) is 35.0 Å². The Morgan fingerprint density at radius 2 is 0.746 bits per heavy atom. The second-order valence-electron chi connectivity index (χ2n) is 13.0. The molecule has 0 unspecified atom stereocenters. The maximum atomic E-state index is 15.4. The molecule has 67 heavy (non-hydrogen) atoms. The van der Waals surface area contributed by atoms with Crippen LogP contribution in [-0.2, 0) is 11.3 Å². The van der Waals surface area contributed by atoms with Crippen molar-refractivity contribution in [1.82, 2.24) is 4.98 Å². The van der Waals surface area contributed by atoms with Gasteiger partial charge in [-0.3, -0.25) is 9.78 Å². The predicted octanol–water partition coefficient (Wildman–Crippen LogP) is 7.77. The molecule has 0 aliphatic carbocycles. The van der Waals surface area contributed by atoms with E-state index >= 15 is 35.1 Å². The van der Waals surface area contributed by atoms with E-state index in [0.717, 1.165) is 10.8 Å². The molecule has 0 bridgehead atoms. The zero-order chi connectivity index (χ0) is 50.5. The molecule has 0 saturated heterocycles. The van der Waals surface area contributed by atoms with E-state index in [-0.39, 0.29) is 12.3 Å². The predicted molar refractivity (Wildman–Crippen MR) is 176 cm³/mol. The second kappa shape index (κ2) is 18.6. The molecule has 0 spiro atoms. The summed E-state index contributed by atoms with van der Waals surface area (Å²) in [6.45, 7) is -0.311. The molecule has 0 aliphatic heterocycles. The van der Waals surface area contributed by atoms with Gasteiger partial charge in [0.05, 0.1) is 6.20 Å². The number of aromatic nitrogens is 2. The van der Waals surface area contributed by atoms with Crippen LogP contribution in [0.4, 0.5) is 101 Å². The summed E-state index contributed by atoms with van der Waals surface area (Å²) in [5.74, 6) is -73.4. The highest BCUT2D eigenvalue weighted by atomic mass is 19.4. The molecule has 0 fully saturated rings. The number of benzene rings is 5. The number of ether oxygens (including phenoxy) is 1. The third-order valence-electron chi connectivity index (χ3n) is 9.37. The Kier molecular flexibility index (Phi) is 14.1. The average molecular weight is 990 g/mol. The molecule has 6 aromatic rings. The molecule has 354 valence electrons. The maximum Gasteiger partial charge on any atom is 0.575 e. The van der Waals surface area contributed by atoms with Crippen LogP contribution in [0, 0.1) is 116 Å². The maximum absolute atomic E-state index is 15.4. The van der Waals surface area contributed by atoms with E-state index in [4.69, 9.17) is 0 Å². The van der Waals surface area contributed by atoms with Crippen LogP contribution >= 0.6 is 0 Å². The van der Waals surface area contributed by atoms with Crippen molar-refractivity contribution in [2.24, 2.45) is 0 Å². The largest absolute Gasteiger partial charge is 0.575 e. The van der Waals surface area contributed by atoms with Crippen molar-refractivity contribution in [1.29, 1.82) is 0 Å². The topological polar surface area (TPSA) is 60.1 Å². The Balaban J connectivity index is 0.000000319. The van der Waals surface area contributed by atoms with Gasteiger partial charge in [0.15, 0.2) is 76.0 Å². The number of Topliss-reactive ketones (excluding diaryl/α,β-unsaturated/α-hetero) is 1. The fourth-order valence-corrected chi connectivity index (χ4v) is 6.60. The number of carbonyl (C=O) groups excluding carboxylic acids is 2. The molecule has 0 N–H and O–H groups in total. The smallest absolute Gasteiger partial charge is 0.365 e. The van der Waals surface area contributed by atoms with E-state index in [2.05, 4.69) is 9.72 Å². The Labute approximate surface area is 354 Å². The van der Waals surface area contributed by atoms with E-state index < -0.39 is 162 Å². The van der Waals surface area contributed by atoms with Gasteiger partial charge >= 0.3 is 18.0 Å². The average Bonchev–Trinajstić information content (AvgIpc) is 3.29. The molecule has 0 atom stereocenters. The van der Waals surface area contributed by atoms with Crippen LogP contribution in [0.15, 0.2) is 48.9 Å². The highest BCUT2D eigenvalue weighted by Gasteiger charge is 2.52. The van der Waals surface area contributed by atoms with E-state index in [1.54, 1.807) is 30.3 Å². The van der Waals surface area contributed by atoms with Gasteiger partial charge in [0.1, 0.15) is 58.9 Å².